The molecule has 17 heavy (non-hydrogen) atoms. The Balaban J connectivity index is 1.79. The van der Waals surface area contributed by atoms with Crippen LogP contribution in [0.15, 0.2) is 24.3 Å². The Morgan fingerprint density at radius 3 is 2.88 bits per heavy atom. The van der Waals surface area contributed by atoms with Gasteiger partial charge in [-0.25, -0.2) is 0 Å². The highest BCUT2D eigenvalue weighted by Gasteiger charge is 2.32. The third kappa shape index (κ3) is 3.45. The Morgan fingerprint density at radius 2 is 2.24 bits per heavy atom. The highest BCUT2D eigenvalue weighted by atomic mass is 16.5. The Kier molecular flexibility index (Phi) is 4.02. The molecule has 2 rings (SSSR count). The van der Waals surface area contributed by atoms with Gasteiger partial charge in [0.25, 0.3) is 0 Å². The van der Waals surface area contributed by atoms with Gasteiger partial charge in [-0.15, -0.1) is 0 Å². The fourth-order valence-electron chi connectivity index (χ4n) is 1.97. The van der Waals surface area contributed by atoms with Crippen molar-refractivity contribution in [2.45, 2.75) is 20.4 Å². The zero-order chi connectivity index (χ0) is 12.1. The van der Waals surface area contributed by atoms with Crippen LogP contribution in [-0.2, 0) is 11.3 Å². The first-order valence-corrected chi connectivity index (χ1v) is 6.22. The molecule has 1 aromatic rings. The molecule has 3 nitrogen and oxygen atoms in total. The first kappa shape index (κ1) is 12.4. The third-order valence-electron chi connectivity index (χ3n) is 2.99. The van der Waals surface area contributed by atoms with E-state index in [1.807, 2.05) is 19.1 Å². The predicted octanol–water partition coefficient (Wildman–Crippen LogP) is 2.21. The first-order chi connectivity index (χ1) is 8.22. The second kappa shape index (κ2) is 5.52. The molecule has 0 amide bonds. The lowest BCUT2D eigenvalue weighted by Gasteiger charge is -2.38. The van der Waals surface area contributed by atoms with E-state index in [2.05, 4.69) is 24.4 Å². The van der Waals surface area contributed by atoms with Crippen LogP contribution in [0.3, 0.4) is 0 Å². The van der Waals surface area contributed by atoms with E-state index in [4.69, 9.17) is 9.47 Å². The summed E-state index contributed by atoms with van der Waals surface area (Å²) >= 11 is 0. The molecule has 3 heteroatoms. The Morgan fingerprint density at radius 1 is 1.41 bits per heavy atom. The molecule has 0 bridgehead atoms. The maximum absolute atomic E-state index is 5.48. The van der Waals surface area contributed by atoms with Crippen molar-refractivity contribution in [2.24, 2.45) is 5.41 Å². The van der Waals surface area contributed by atoms with Crippen LogP contribution in [0.5, 0.6) is 5.75 Å². The lowest BCUT2D eigenvalue weighted by molar-refractivity contribution is -0.0991. The highest BCUT2D eigenvalue weighted by Crippen LogP contribution is 2.25. The maximum Gasteiger partial charge on any atom is 0.119 e. The van der Waals surface area contributed by atoms with E-state index >= 15 is 0 Å². The van der Waals surface area contributed by atoms with Crippen LogP contribution in [0.25, 0.3) is 0 Å². The summed E-state index contributed by atoms with van der Waals surface area (Å²) in [4.78, 5) is 0. The second-order valence-corrected chi connectivity index (χ2v) is 4.99. The molecule has 0 unspecified atom stereocenters. The Bertz CT molecular complexity index is 361. The van der Waals surface area contributed by atoms with E-state index in [-0.39, 0.29) is 0 Å². The number of nitrogens with one attached hydrogen (secondary N) is 1. The largest absolute Gasteiger partial charge is 0.494 e. The molecule has 1 heterocycles. The van der Waals surface area contributed by atoms with Gasteiger partial charge in [0.2, 0.25) is 0 Å². The minimum atomic E-state index is 0.331. The molecule has 1 aliphatic rings. The standard InChI is InChI=1S/C14H21NO2/c1-3-17-13-6-4-5-12(7-13)8-15-9-14(2)10-16-11-14/h4-7,15H,3,8-11H2,1-2H3. The van der Waals surface area contributed by atoms with E-state index in [1.165, 1.54) is 5.56 Å². The van der Waals surface area contributed by atoms with E-state index in [0.717, 1.165) is 32.1 Å². The Labute approximate surface area is 103 Å². The van der Waals surface area contributed by atoms with Gasteiger partial charge in [0.1, 0.15) is 5.75 Å². The van der Waals surface area contributed by atoms with Crippen LogP contribution < -0.4 is 10.1 Å². The predicted molar refractivity (Wildman–Crippen MR) is 68.2 cm³/mol. The third-order valence-corrected chi connectivity index (χ3v) is 2.99. The van der Waals surface area contributed by atoms with Gasteiger partial charge in [0.05, 0.1) is 19.8 Å². The number of hydrogen-bond donors (Lipinski definition) is 1. The molecule has 0 aliphatic carbocycles. The van der Waals surface area contributed by atoms with Gasteiger partial charge in [-0.2, -0.15) is 0 Å². The van der Waals surface area contributed by atoms with Crippen LogP contribution in [0.4, 0.5) is 0 Å². The number of benzene rings is 1. The van der Waals surface area contributed by atoms with Gasteiger partial charge < -0.3 is 14.8 Å². The molecule has 1 saturated heterocycles. The van der Waals surface area contributed by atoms with Crippen molar-refractivity contribution < 1.29 is 9.47 Å². The van der Waals surface area contributed by atoms with E-state index in [9.17, 15) is 0 Å². The number of hydrogen-bond acceptors (Lipinski definition) is 3. The first-order valence-electron chi connectivity index (χ1n) is 6.22. The molecule has 1 aromatic carbocycles. The zero-order valence-electron chi connectivity index (χ0n) is 10.7. The summed E-state index contributed by atoms with van der Waals surface area (Å²) in [5.41, 5.74) is 1.59. The minimum absolute atomic E-state index is 0.331. The van der Waals surface area contributed by atoms with Crippen molar-refractivity contribution in [3.8, 4) is 5.75 Å². The summed E-state index contributed by atoms with van der Waals surface area (Å²) in [6.07, 6.45) is 0. The van der Waals surface area contributed by atoms with Crippen molar-refractivity contribution in [1.82, 2.24) is 5.32 Å². The van der Waals surface area contributed by atoms with Crippen LogP contribution >= 0.6 is 0 Å². The molecule has 1 aliphatic heterocycles. The minimum Gasteiger partial charge on any atom is -0.494 e. The molecule has 0 aromatic heterocycles. The summed E-state index contributed by atoms with van der Waals surface area (Å²) in [5.74, 6) is 0.949. The average Bonchev–Trinajstić information content (AvgIpc) is 2.28. The van der Waals surface area contributed by atoms with Gasteiger partial charge in [-0.3, -0.25) is 0 Å². The summed E-state index contributed by atoms with van der Waals surface area (Å²) in [6, 6.07) is 8.25. The molecule has 94 valence electrons. The average molecular weight is 235 g/mol. The summed E-state index contributed by atoms with van der Waals surface area (Å²) in [7, 11) is 0. The monoisotopic (exact) mass is 235 g/mol. The molecular weight excluding hydrogens is 214 g/mol. The normalized spacial score (nSPS) is 17.5. The molecule has 1 fully saturated rings. The molecule has 0 radical (unpaired) electrons. The van der Waals surface area contributed by atoms with Gasteiger partial charge in [0.15, 0.2) is 0 Å². The summed E-state index contributed by atoms with van der Waals surface area (Å²) < 4.78 is 10.7. The lowest BCUT2D eigenvalue weighted by Crippen LogP contribution is -2.47. The van der Waals surface area contributed by atoms with Crippen molar-refractivity contribution in [3.63, 3.8) is 0 Å². The fraction of sp³-hybridized carbons (Fsp3) is 0.571. The number of rotatable bonds is 6. The summed E-state index contributed by atoms with van der Waals surface area (Å²) in [6.45, 7) is 8.61. The van der Waals surface area contributed by atoms with Crippen molar-refractivity contribution in [3.05, 3.63) is 29.8 Å². The zero-order valence-corrected chi connectivity index (χ0v) is 10.7. The molecule has 0 atom stereocenters. The van der Waals surface area contributed by atoms with E-state index < -0.39 is 0 Å². The van der Waals surface area contributed by atoms with Crippen LogP contribution in [-0.4, -0.2) is 26.4 Å². The highest BCUT2D eigenvalue weighted by molar-refractivity contribution is 5.28. The van der Waals surface area contributed by atoms with Crippen LogP contribution in [0.2, 0.25) is 0 Å². The van der Waals surface area contributed by atoms with Crippen molar-refractivity contribution >= 4 is 0 Å². The van der Waals surface area contributed by atoms with Crippen molar-refractivity contribution in [2.75, 3.05) is 26.4 Å². The Hall–Kier alpha value is -1.06. The quantitative estimate of drug-likeness (QED) is 0.820. The van der Waals surface area contributed by atoms with Gasteiger partial charge >= 0.3 is 0 Å². The van der Waals surface area contributed by atoms with Gasteiger partial charge in [-0.05, 0) is 24.6 Å². The van der Waals surface area contributed by atoms with E-state index in [0.29, 0.717) is 12.0 Å². The molecule has 0 saturated carbocycles. The van der Waals surface area contributed by atoms with Crippen LogP contribution in [0, 0.1) is 5.41 Å². The lowest BCUT2D eigenvalue weighted by atomic mass is 9.89. The molecule has 0 spiro atoms. The van der Waals surface area contributed by atoms with Crippen LogP contribution in [0.1, 0.15) is 19.4 Å². The molecular formula is C14H21NO2. The summed E-state index contributed by atoms with van der Waals surface area (Å²) in [5, 5.41) is 3.48. The maximum atomic E-state index is 5.48. The van der Waals surface area contributed by atoms with Gasteiger partial charge in [-0.1, -0.05) is 19.1 Å². The van der Waals surface area contributed by atoms with Gasteiger partial charge in [0, 0.05) is 18.5 Å². The topological polar surface area (TPSA) is 30.5 Å². The fourth-order valence-corrected chi connectivity index (χ4v) is 1.97. The second-order valence-electron chi connectivity index (χ2n) is 4.99. The number of ether oxygens (including phenoxy) is 2. The SMILES string of the molecule is CCOc1cccc(CNCC2(C)COC2)c1. The smallest absolute Gasteiger partial charge is 0.119 e. The van der Waals surface area contributed by atoms with Crippen molar-refractivity contribution in [1.29, 1.82) is 0 Å². The van der Waals surface area contributed by atoms with E-state index in [1.54, 1.807) is 0 Å². The molecule has 1 N–H and O–H groups in total.